The van der Waals surface area contributed by atoms with Crippen molar-refractivity contribution in [1.29, 1.82) is 0 Å². The van der Waals surface area contributed by atoms with E-state index in [9.17, 15) is 9.90 Å². The molecule has 1 saturated heterocycles. The molecule has 1 aliphatic rings. The van der Waals surface area contributed by atoms with E-state index in [0.717, 1.165) is 42.7 Å². The van der Waals surface area contributed by atoms with Gasteiger partial charge in [-0.2, -0.15) is 0 Å². The summed E-state index contributed by atoms with van der Waals surface area (Å²) in [4.78, 5) is 15.2. The smallest absolute Gasteiger partial charge is 0.254 e. The zero-order valence-electron chi connectivity index (χ0n) is 16.7. The molecule has 1 fully saturated rings. The van der Waals surface area contributed by atoms with Gasteiger partial charge in [-0.1, -0.05) is 30.0 Å². The minimum absolute atomic E-state index is 0.0134. The summed E-state index contributed by atoms with van der Waals surface area (Å²) in [5.41, 5.74) is 1.38. The number of amides is 1. The Morgan fingerprint density at radius 2 is 1.96 bits per heavy atom. The van der Waals surface area contributed by atoms with Crippen LogP contribution in [0.1, 0.15) is 60.6 Å². The van der Waals surface area contributed by atoms with Crippen LogP contribution in [0.25, 0.3) is 0 Å². The number of piperidine rings is 1. The molecule has 4 heteroatoms. The van der Waals surface area contributed by atoms with Crippen LogP contribution >= 0.6 is 0 Å². The number of hydrogen-bond donors (Lipinski definition) is 1. The SMILES string of the molecule is COc1cccc(C2CCCCN2C(=O)c2cccc(C#CC(C)(C)O)c2)c1. The third kappa shape index (κ3) is 4.94. The maximum atomic E-state index is 13.3. The standard InChI is InChI=1S/C24H27NO3/c1-24(2,27)14-13-18-8-6-10-20(16-18)23(26)25-15-5-4-12-22(25)19-9-7-11-21(17-19)28-3/h6-11,16-17,22,27H,4-5,12,15H2,1-3H3. The molecule has 1 amide bonds. The molecular formula is C24H27NO3. The monoisotopic (exact) mass is 377 g/mol. The Balaban J connectivity index is 1.88. The zero-order chi connectivity index (χ0) is 20.1. The number of aliphatic hydroxyl groups is 1. The molecule has 4 nitrogen and oxygen atoms in total. The number of methoxy groups -OCH3 is 1. The molecule has 0 spiro atoms. The molecule has 0 aromatic heterocycles. The lowest BCUT2D eigenvalue weighted by Crippen LogP contribution is -2.38. The molecule has 0 saturated carbocycles. The molecule has 2 aromatic carbocycles. The Bertz CT molecular complexity index is 902. The molecule has 1 N–H and O–H groups in total. The second-order valence-electron chi connectivity index (χ2n) is 7.68. The first-order valence-electron chi connectivity index (χ1n) is 9.68. The summed E-state index contributed by atoms with van der Waals surface area (Å²) in [7, 11) is 1.66. The molecule has 0 bridgehead atoms. The second kappa shape index (κ2) is 8.50. The number of likely N-dealkylation sites (tertiary alicyclic amines) is 1. The molecule has 0 radical (unpaired) electrons. The Kier molecular flexibility index (Phi) is 6.06. The van der Waals surface area contributed by atoms with Crippen LogP contribution in [-0.2, 0) is 0 Å². The van der Waals surface area contributed by atoms with E-state index in [4.69, 9.17) is 4.74 Å². The van der Waals surface area contributed by atoms with Gasteiger partial charge in [0.15, 0.2) is 0 Å². The van der Waals surface area contributed by atoms with Gasteiger partial charge in [-0.15, -0.1) is 0 Å². The zero-order valence-corrected chi connectivity index (χ0v) is 16.7. The average molecular weight is 377 g/mol. The third-order valence-corrected chi connectivity index (χ3v) is 4.86. The fourth-order valence-corrected chi connectivity index (χ4v) is 3.49. The second-order valence-corrected chi connectivity index (χ2v) is 7.68. The summed E-state index contributed by atoms with van der Waals surface area (Å²) in [6.07, 6.45) is 3.05. The molecule has 1 aliphatic heterocycles. The van der Waals surface area contributed by atoms with Crippen LogP contribution in [0.2, 0.25) is 0 Å². The van der Waals surface area contributed by atoms with Gasteiger partial charge in [0, 0.05) is 17.7 Å². The maximum Gasteiger partial charge on any atom is 0.254 e. The molecule has 1 unspecified atom stereocenters. The molecule has 28 heavy (non-hydrogen) atoms. The van der Waals surface area contributed by atoms with Gasteiger partial charge in [0.1, 0.15) is 11.4 Å². The van der Waals surface area contributed by atoms with E-state index in [1.165, 1.54) is 0 Å². The lowest BCUT2D eigenvalue weighted by atomic mass is 9.94. The molecule has 0 aliphatic carbocycles. The first-order chi connectivity index (χ1) is 13.4. The molecular weight excluding hydrogens is 350 g/mol. The lowest BCUT2D eigenvalue weighted by molar-refractivity contribution is 0.0611. The highest BCUT2D eigenvalue weighted by Gasteiger charge is 2.29. The minimum Gasteiger partial charge on any atom is -0.497 e. The van der Waals surface area contributed by atoms with E-state index in [-0.39, 0.29) is 11.9 Å². The number of ether oxygens (including phenoxy) is 1. The summed E-state index contributed by atoms with van der Waals surface area (Å²) in [5.74, 6) is 6.57. The fourth-order valence-electron chi connectivity index (χ4n) is 3.49. The van der Waals surface area contributed by atoms with Gasteiger partial charge in [-0.05, 0) is 69.0 Å². The Hall–Kier alpha value is -2.77. The van der Waals surface area contributed by atoms with E-state index in [1.807, 2.05) is 41.3 Å². The summed E-state index contributed by atoms with van der Waals surface area (Å²) >= 11 is 0. The fraction of sp³-hybridized carbons (Fsp3) is 0.375. The van der Waals surface area contributed by atoms with Crippen LogP contribution in [0, 0.1) is 11.8 Å². The number of carbonyl (C=O) groups is 1. The highest BCUT2D eigenvalue weighted by molar-refractivity contribution is 5.95. The molecule has 1 heterocycles. The number of hydrogen-bond acceptors (Lipinski definition) is 3. The van der Waals surface area contributed by atoms with Gasteiger partial charge in [0.25, 0.3) is 5.91 Å². The van der Waals surface area contributed by atoms with E-state index in [2.05, 4.69) is 17.9 Å². The van der Waals surface area contributed by atoms with Crippen molar-refractivity contribution in [3.8, 4) is 17.6 Å². The highest BCUT2D eigenvalue weighted by atomic mass is 16.5. The van der Waals surface area contributed by atoms with E-state index in [0.29, 0.717) is 5.56 Å². The molecule has 3 rings (SSSR count). The quantitative estimate of drug-likeness (QED) is 0.816. The van der Waals surface area contributed by atoms with Gasteiger partial charge in [-0.25, -0.2) is 0 Å². The van der Waals surface area contributed by atoms with Crippen molar-refractivity contribution in [2.75, 3.05) is 13.7 Å². The number of benzene rings is 2. The normalized spacial score (nSPS) is 16.9. The van der Waals surface area contributed by atoms with E-state index >= 15 is 0 Å². The van der Waals surface area contributed by atoms with Gasteiger partial charge >= 0.3 is 0 Å². The average Bonchev–Trinajstić information content (AvgIpc) is 2.71. The molecule has 1 atom stereocenters. The number of carbonyl (C=O) groups excluding carboxylic acids is 1. The van der Waals surface area contributed by atoms with Crippen LogP contribution in [0.5, 0.6) is 5.75 Å². The maximum absolute atomic E-state index is 13.3. The summed E-state index contributed by atoms with van der Waals surface area (Å²) in [5, 5.41) is 9.81. The van der Waals surface area contributed by atoms with Crippen molar-refractivity contribution >= 4 is 5.91 Å². The predicted molar refractivity (Wildman–Crippen MR) is 110 cm³/mol. The van der Waals surface area contributed by atoms with Crippen molar-refractivity contribution in [2.24, 2.45) is 0 Å². The van der Waals surface area contributed by atoms with Crippen molar-refractivity contribution in [2.45, 2.75) is 44.8 Å². The highest BCUT2D eigenvalue weighted by Crippen LogP contribution is 2.33. The van der Waals surface area contributed by atoms with Crippen molar-refractivity contribution in [3.63, 3.8) is 0 Å². The Labute approximate surface area is 167 Å². The van der Waals surface area contributed by atoms with Crippen molar-refractivity contribution in [1.82, 2.24) is 4.90 Å². The Morgan fingerprint density at radius 1 is 1.18 bits per heavy atom. The van der Waals surface area contributed by atoms with Crippen LogP contribution in [0.15, 0.2) is 48.5 Å². The van der Waals surface area contributed by atoms with Gasteiger partial charge in [0.05, 0.1) is 13.2 Å². The Morgan fingerprint density at radius 3 is 2.71 bits per heavy atom. The first-order valence-corrected chi connectivity index (χ1v) is 9.68. The number of nitrogens with zero attached hydrogens (tertiary/aromatic N) is 1. The topological polar surface area (TPSA) is 49.8 Å². The number of rotatable bonds is 3. The third-order valence-electron chi connectivity index (χ3n) is 4.86. The lowest BCUT2D eigenvalue weighted by Gasteiger charge is -2.36. The summed E-state index contributed by atoms with van der Waals surface area (Å²) < 4.78 is 5.36. The van der Waals surface area contributed by atoms with E-state index < -0.39 is 5.60 Å². The van der Waals surface area contributed by atoms with Gasteiger partial charge in [0.2, 0.25) is 0 Å². The largest absolute Gasteiger partial charge is 0.497 e. The first kappa shape index (κ1) is 20.0. The van der Waals surface area contributed by atoms with Crippen LogP contribution < -0.4 is 4.74 Å². The van der Waals surface area contributed by atoms with Crippen LogP contribution in [-0.4, -0.2) is 35.2 Å². The van der Waals surface area contributed by atoms with Crippen LogP contribution in [0.4, 0.5) is 0 Å². The van der Waals surface area contributed by atoms with Crippen molar-refractivity contribution < 1.29 is 14.6 Å². The summed E-state index contributed by atoms with van der Waals surface area (Å²) in [6, 6.07) is 15.3. The predicted octanol–water partition coefficient (Wildman–Crippen LogP) is 4.19. The van der Waals surface area contributed by atoms with Crippen LogP contribution in [0.3, 0.4) is 0 Å². The van der Waals surface area contributed by atoms with Gasteiger partial charge < -0.3 is 14.7 Å². The molecule has 146 valence electrons. The summed E-state index contributed by atoms with van der Waals surface area (Å²) in [6.45, 7) is 4.02. The molecule has 2 aromatic rings. The van der Waals surface area contributed by atoms with E-state index in [1.54, 1.807) is 27.0 Å². The van der Waals surface area contributed by atoms with Gasteiger partial charge in [-0.3, -0.25) is 4.79 Å². The minimum atomic E-state index is -1.07. The van der Waals surface area contributed by atoms with Crippen molar-refractivity contribution in [3.05, 3.63) is 65.2 Å².